The summed E-state index contributed by atoms with van der Waals surface area (Å²) < 4.78 is 16.6. The Bertz CT molecular complexity index is 1070. The number of halogens is 1. The average Bonchev–Trinajstić information content (AvgIpc) is 3.14. The first-order chi connectivity index (χ1) is 14.6. The number of carbonyl (C=O) groups excluding carboxylic acids is 2. The zero-order valence-corrected chi connectivity index (χ0v) is 17.6. The first-order valence-corrected chi connectivity index (χ1v) is 11.2. The van der Waals surface area contributed by atoms with Crippen molar-refractivity contribution in [2.24, 2.45) is 0 Å². The smallest absolute Gasteiger partial charge is 0.253 e. The molecule has 2 N–H and O–H groups in total. The minimum atomic E-state index is -0.398. The van der Waals surface area contributed by atoms with Gasteiger partial charge in [-0.05, 0) is 54.2 Å². The van der Waals surface area contributed by atoms with Gasteiger partial charge in [0.1, 0.15) is 5.82 Å². The van der Waals surface area contributed by atoms with Crippen LogP contribution in [0.2, 0.25) is 0 Å². The van der Waals surface area contributed by atoms with Crippen molar-refractivity contribution in [3.05, 3.63) is 71.2 Å². The van der Waals surface area contributed by atoms with Crippen molar-refractivity contribution in [2.45, 2.75) is 25.4 Å². The van der Waals surface area contributed by atoms with E-state index >= 15 is 0 Å². The van der Waals surface area contributed by atoms with Gasteiger partial charge in [-0.25, -0.2) is 4.39 Å². The van der Waals surface area contributed by atoms with Crippen molar-refractivity contribution in [3.63, 3.8) is 0 Å². The third kappa shape index (κ3) is 4.21. The summed E-state index contributed by atoms with van der Waals surface area (Å²) in [4.78, 5) is 24.7. The van der Waals surface area contributed by atoms with Gasteiger partial charge in [0, 0.05) is 36.8 Å². The molecule has 0 saturated carbocycles. The summed E-state index contributed by atoms with van der Waals surface area (Å²) in [5.74, 6) is 1.30. The summed E-state index contributed by atoms with van der Waals surface area (Å²) in [6.07, 6.45) is 3.61. The Morgan fingerprint density at radius 3 is 2.53 bits per heavy atom. The second kappa shape index (κ2) is 8.92. The van der Waals surface area contributed by atoms with E-state index in [0.29, 0.717) is 28.6 Å². The molecule has 2 aromatic carbocycles. The Balaban J connectivity index is 1.63. The number of nitrogens with zero attached hydrogens (tertiary/aromatic N) is 1. The lowest BCUT2D eigenvalue weighted by Crippen LogP contribution is -2.37. The Hall–Kier alpha value is -2.80. The number of hydrogen-bond donors (Lipinski definition) is 2. The van der Waals surface area contributed by atoms with Gasteiger partial charge in [-0.1, -0.05) is 18.2 Å². The van der Waals surface area contributed by atoms with Crippen molar-refractivity contribution in [1.29, 1.82) is 0 Å². The van der Waals surface area contributed by atoms with Crippen LogP contribution < -0.4 is 10.6 Å². The molecule has 1 aliphatic heterocycles. The van der Waals surface area contributed by atoms with Gasteiger partial charge < -0.3 is 15.2 Å². The summed E-state index contributed by atoms with van der Waals surface area (Å²) in [5, 5.41) is 6.03. The Morgan fingerprint density at radius 1 is 1.10 bits per heavy atom. The first-order valence-electron chi connectivity index (χ1n) is 10.0. The number of fused-ring (bicyclic) bond motifs is 1. The lowest BCUT2D eigenvalue weighted by molar-refractivity contribution is 0.0933. The summed E-state index contributed by atoms with van der Waals surface area (Å²) in [6.45, 7) is 0.474. The molecule has 3 aromatic rings. The molecular weight excluding hydrogens is 401 g/mol. The number of aromatic nitrogens is 1. The minimum absolute atomic E-state index is 0.140. The molecule has 0 spiro atoms. The molecule has 7 heteroatoms. The fraction of sp³-hybridized carbons (Fsp3) is 0.304. The van der Waals surface area contributed by atoms with E-state index in [9.17, 15) is 14.0 Å². The third-order valence-corrected chi connectivity index (χ3v) is 6.50. The fourth-order valence-electron chi connectivity index (χ4n) is 3.82. The number of rotatable bonds is 5. The van der Waals surface area contributed by atoms with E-state index < -0.39 is 5.82 Å². The highest BCUT2D eigenvalue weighted by Crippen LogP contribution is 2.26. The van der Waals surface area contributed by atoms with Gasteiger partial charge in [0.2, 0.25) is 0 Å². The van der Waals surface area contributed by atoms with Crippen LogP contribution in [0.15, 0.2) is 48.7 Å². The van der Waals surface area contributed by atoms with Gasteiger partial charge in [0.05, 0.1) is 11.1 Å². The zero-order valence-electron chi connectivity index (χ0n) is 16.8. The number of thioether (sulfide) groups is 1. The first kappa shape index (κ1) is 20.5. The van der Waals surface area contributed by atoms with Crippen molar-refractivity contribution in [2.75, 3.05) is 18.6 Å². The van der Waals surface area contributed by atoms with Gasteiger partial charge in [0.25, 0.3) is 11.8 Å². The van der Waals surface area contributed by atoms with Crippen LogP contribution in [0.4, 0.5) is 4.39 Å². The summed E-state index contributed by atoms with van der Waals surface area (Å²) >= 11 is 1.90. The molecule has 0 radical (unpaired) electrons. The summed E-state index contributed by atoms with van der Waals surface area (Å²) in [6, 6.07) is 12.3. The molecule has 0 aliphatic carbocycles. The number of nitrogens with one attached hydrogen (secondary N) is 2. The van der Waals surface area contributed by atoms with E-state index in [1.165, 1.54) is 6.07 Å². The van der Waals surface area contributed by atoms with Crippen LogP contribution in [-0.2, 0) is 6.54 Å². The predicted octanol–water partition coefficient (Wildman–Crippen LogP) is 3.81. The maximum absolute atomic E-state index is 14.7. The lowest BCUT2D eigenvalue weighted by atomic mass is 10.1. The van der Waals surface area contributed by atoms with Gasteiger partial charge in [-0.2, -0.15) is 11.8 Å². The number of benzene rings is 2. The second-order valence-corrected chi connectivity index (χ2v) is 8.67. The van der Waals surface area contributed by atoms with E-state index in [-0.39, 0.29) is 17.9 Å². The van der Waals surface area contributed by atoms with Crippen LogP contribution in [-0.4, -0.2) is 41.0 Å². The Morgan fingerprint density at radius 2 is 1.83 bits per heavy atom. The highest BCUT2D eigenvalue weighted by Gasteiger charge is 2.22. The largest absolute Gasteiger partial charge is 0.355 e. The van der Waals surface area contributed by atoms with Crippen LogP contribution in [0.25, 0.3) is 10.9 Å². The molecule has 2 heterocycles. The molecule has 5 nitrogen and oxygen atoms in total. The molecule has 1 aromatic heterocycles. The average molecular weight is 426 g/mol. The Kier molecular flexibility index (Phi) is 6.08. The van der Waals surface area contributed by atoms with Crippen LogP contribution in [0, 0.1) is 5.82 Å². The maximum Gasteiger partial charge on any atom is 0.253 e. The zero-order chi connectivity index (χ0) is 21.1. The molecule has 0 unspecified atom stereocenters. The van der Waals surface area contributed by atoms with Crippen molar-refractivity contribution >= 4 is 34.5 Å². The number of amides is 2. The molecule has 1 fully saturated rings. The molecule has 1 saturated heterocycles. The molecule has 4 rings (SSSR count). The van der Waals surface area contributed by atoms with Gasteiger partial charge in [-0.15, -0.1) is 0 Å². The van der Waals surface area contributed by atoms with Crippen LogP contribution in [0.1, 0.15) is 39.1 Å². The highest BCUT2D eigenvalue weighted by molar-refractivity contribution is 7.99. The molecular formula is C23H24FN3O2S. The van der Waals surface area contributed by atoms with E-state index in [1.54, 1.807) is 31.4 Å². The van der Waals surface area contributed by atoms with Crippen LogP contribution >= 0.6 is 11.8 Å². The van der Waals surface area contributed by atoms with Gasteiger partial charge in [-0.3, -0.25) is 9.59 Å². The maximum atomic E-state index is 14.7. The van der Waals surface area contributed by atoms with Crippen molar-refractivity contribution in [1.82, 2.24) is 15.2 Å². The standard InChI is InChI=1S/C23H24FN3O2S/c1-25-22(28)16-7-5-15(6-8-16)13-27-14-18(21-19(24)3-2-4-20(21)27)23(29)26-17-9-11-30-12-10-17/h2-8,14,17H,9-13H2,1H3,(H,25,28)(H,26,29). The quantitative estimate of drug-likeness (QED) is 0.653. The predicted molar refractivity (Wildman–Crippen MR) is 119 cm³/mol. The highest BCUT2D eigenvalue weighted by atomic mass is 32.2. The second-order valence-electron chi connectivity index (χ2n) is 7.44. The SMILES string of the molecule is CNC(=O)c1ccc(Cn2cc(C(=O)NC3CCSCC3)c3c(F)cccc32)cc1. The lowest BCUT2D eigenvalue weighted by Gasteiger charge is -2.22. The molecule has 30 heavy (non-hydrogen) atoms. The van der Waals surface area contributed by atoms with Gasteiger partial charge in [0.15, 0.2) is 0 Å². The Labute approximate surface area is 179 Å². The number of hydrogen-bond acceptors (Lipinski definition) is 3. The summed E-state index contributed by atoms with van der Waals surface area (Å²) in [5.41, 5.74) is 2.58. The monoisotopic (exact) mass is 425 g/mol. The third-order valence-electron chi connectivity index (χ3n) is 5.45. The van der Waals surface area contributed by atoms with Crippen LogP contribution in [0.5, 0.6) is 0 Å². The fourth-order valence-corrected chi connectivity index (χ4v) is 4.93. The van der Waals surface area contributed by atoms with Gasteiger partial charge >= 0.3 is 0 Å². The normalized spacial score (nSPS) is 14.6. The molecule has 156 valence electrons. The minimum Gasteiger partial charge on any atom is -0.355 e. The van der Waals surface area contributed by atoms with Crippen LogP contribution in [0.3, 0.4) is 0 Å². The van der Waals surface area contributed by atoms with Crippen molar-refractivity contribution < 1.29 is 14.0 Å². The molecule has 0 bridgehead atoms. The van der Waals surface area contributed by atoms with E-state index in [2.05, 4.69) is 10.6 Å². The summed E-state index contributed by atoms with van der Waals surface area (Å²) in [7, 11) is 1.59. The number of carbonyl (C=O) groups is 2. The van der Waals surface area contributed by atoms with E-state index in [1.807, 2.05) is 34.5 Å². The molecule has 1 aliphatic rings. The van der Waals surface area contributed by atoms with E-state index in [4.69, 9.17) is 0 Å². The topological polar surface area (TPSA) is 63.1 Å². The van der Waals surface area contributed by atoms with Crippen molar-refractivity contribution in [3.8, 4) is 0 Å². The molecule has 0 atom stereocenters. The molecule has 2 amide bonds. The van der Waals surface area contributed by atoms with E-state index in [0.717, 1.165) is 29.9 Å².